The van der Waals surface area contributed by atoms with Crippen LogP contribution in [0.15, 0.2) is 53.0 Å². The molecule has 2 aromatic rings. The first-order chi connectivity index (χ1) is 11.1. The molecule has 2 amide bonds. The maximum absolute atomic E-state index is 11.8. The zero-order chi connectivity index (χ0) is 16.7. The van der Waals surface area contributed by atoms with Crippen molar-refractivity contribution < 1.29 is 14.3 Å². The van der Waals surface area contributed by atoms with Crippen LogP contribution in [0.2, 0.25) is 0 Å². The zero-order valence-corrected chi connectivity index (χ0v) is 14.2. The Bertz CT molecular complexity index is 686. The van der Waals surface area contributed by atoms with E-state index in [1.807, 2.05) is 24.3 Å². The van der Waals surface area contributed by atoms with Crippen molar-refractivity contribution in [3.8, 4) is 5.75 Å². The number of hydrogen-bond acceptors (Lipinski definition) is 3. The van der Waals surface area contributed by atoms with E-state index in [-0.39, 0.29) is 24.8 Å². The number of ether oxygens (including phenoxy) is 1. The Labute approximate surface area is 143 Å². The Balaban J connectivity index is 1.78. The minimum Gasteiger partial charge on any atom is -0.497 e. The molecule has 0 heterocycles. The van der Waals surface area contributed by atoms with E-state index in [0.717, 1.165) is 15.8 Å². The molecule has 0 spiro atoms. The molecule has 2 aromatic carbocycles. The van der Waals surface area contributed by atoms with Gasteiger partial charge in [0.05, 0.1) is 20.1 Å². The average Bonchev–Trinajstić information content (AvgIpc) is 2.54. The molecule has 6 heteroatoms. The maximum atomic E-state index is 11.8. The van der Waals surface area contributed by atoms with Crippen LogP contribution < -0.4 is 15.4 Å². The van der Waals surface area contributed by atoms with Crippen molar-refractivity contribution >= 4 is 33.4 Å². The number of nitrogens with one attached hydrogen (secondary N) is 2. The lowest BCUT2D eigenvalue weighted by atomic mass is 10.1. The normalized spacial score (nSPS) is 10.0. The number of anilines is 1. The van der Waals surface area contributed by atoms with Gasteiger partial charge in [0.15, 0.2) is 0 Å². The first-order valence-corrected chi connectivity index (χ1v) is 7.81. The SMILES string of the molecule is COc1ccc(CC(=O)NCC(=O)Nc2cccc(Br)c2)cc1. The van der Waals surface area contributed by atoms with Gasteiger partial charge in [-0.1, -0.05) is 34.1 Å². The minimum atomic E-state index is -0.272. The highest BCUT2D eigenvalue weighted by Crippen LogP contribution is 2.15. The van der Waals surface area contributed by atoms with Crippen LogP contribution >= 0.6 is 15.9 Å². The molecule has 0 aliphatic rings. The fraction of sp³-hybridized carbons (Fsp3) is 0.176. The topological polar surface area (TPSA) is 67.4 Å². The number of rotatable bonds is 6. The van der Waals surface area contributed by atoms with E-state index in [1.165, 1.54) is 0 Å². The molecule has 120 valence electrons. The van der Waals surface area contributed by atoms with Crippen LogP contribution in [-0.4, -0.2) is 25.5 Å². The molecule has 0 radical (unpaired) electrons. The Kier molecular flexibility index (Phi) is 6.17. The fourth-order valence-electron chi connectivity index (χ4n) is 1.94. The standard InChI is InChI=1S/C17H17BrN2O3/c1-23-15-7-5-12(6-8-15)9-16(21)19-11-17(22)20-14-4-2-3-13(18)10-14/h2-8,10H,9,11H2,1H3,(H,19,21)(H,20,22). The van der Waals surface area contributed by atoms with E-state index in [0.29, 0.717) is 5.69 Å². The first-order valence-electron chi connectivity index (χ1n) is 7.02. The van der Waals surface area contributed by atoms with Gasteiger partial charge in [0.25, 0.3) is 0 Å². The van der Waals surface area contributed by atoms with Crippen molar-refractivity contribution in [2.24, 2.45) is 0 Å². The molecule has 2 N–H and O–H groups in total. The summed E-state index contributed by atoms with van der Waals surface area (Å²) in [6.07, 6.45) is 0.216. The van der Waals surface area contributed by atoms with Gasteiger partial charge in [-0.25, -0.2) is 0 Å². The second-order valence-electron chi connectivity index (χ2n) is 4.86. The lowest BCUT2D eigenvalue weighted by Crippen LogP contribution is -2.33. The smallest absolute Gasteiger partial charge is 0.243 e. The molecule has 0 aromatic heterocycles. The molecule has 0 atom stereocenters. The number of halogens is 1. The molecule has 5 nitrogen and oxygen atoms in total. The van der Waals surface area contributed by atoms with Gasteiger partial charge in [-0.3, -0.25) is 9.59 Å². The summed E-state index contributed by atoms with van der Waals surface area (Å²) < 4.78 is 5.94. The monoisotopic (exact) mass is 376 g/mol. The lowest BCUT2D eigenvalue weighted by Gasteiger charge is -2.08. The third-order valence-electron chi connectivity index (χ3n) is 3.08. The van der Waals surface area contributed by atoms with Crippen LogP contribution in [0.5, 0.6) is 5.75 Å². The van der Waals surface area contributed by atoms with Crippen LogP contribution in [-0.2, 0) is 16.0 Å². The molecule has 23 heavy (non-hydrogen) atoms. The third-order valence-corrected chi connectivity index (χ3v) is 3.57. The van der Waals surface area contributed by atoms with Gasteiger partial charge in [-0.05, 0) is 35.9 Å². The van der Waals surface area contributed by atoms with Crippen LogP contribution in [0.25, 0.3) is 0 Å². The fourth-order valence-corrected chi connectivity index (χ4v) is 2.34. The first kappa shape index (κ1) is 17.0. The van der Waals surface area contributed by atoms with Crippen LogP contribution in [0.4, 0.5) is 5.69 Å². The molecule has 2 rings (SSSR count). The second-order valence-corrected chi connectivity index (χ2v) is 5.78. The highest BCUT2D eigenvalue weighted by molar-refractivity contribution is 9.10. The summed E-state index contributed by atoms with van der Waals surface area (Å²) in [5.74, 6) is 0.258. The number of carbonyl (C=O) groups is 2. The van der Waals surface area contributed by atoms with Gasteiger partial charge in [-0.15, -0.1) is 0 Å². The quantitative estimate of drug-likeness (QED) is 0.814. The van der Waals surface area contributed by atoms with Crippen molar-refractivity contribution in [1.82, 2.24) is 5.32 Å². The van der Waals surface area contributed by atoms with Crippen molar-refractivity contribution in [2.75, 3.05) is 19.0 Å². The Morgan fingerprint density at radius 2 is 1.83 bits per heavy atom. The molecule has 0 aliphatic carbocycles. The van der Waals surface area contributed by atoms with Gasteiger partial charge in [0, 0.05) is 10.2 Å². The van der Waals surface area contributed by atoms with Gasteiger partial charge in [0.1, 0.15) is 5.75 Å². The summed E-state index contributed by atoms with van der Waals surface area (Å²) in [6.45, 7) is -0.0680. The molecule has 0 saturated heterocycles. The van der Waals surface area contributed by atoms with E-state index < -0.39 is 0 Å². The van der Waals surface area contributed by atoms with Crippen molar-refractivity contribution in [2.45, 2.75) is 6.42 Å². The van der Waals surface area contributed by atoms with Crippen molar-refractivity contribution in [1.29, 1.82) is 0 Å². The Morgan fingerprint density at radius 3 is 2.48 bits per heavy atom. The largest absolute Gasteiger partial charge is 0.497 e. The Morgan fingerprint density at radius 1 is 1.09 bits per heavy atom. The predicted molar refractivity (Wildman–Crippen MR) is 92.5 cm³/mol. The lowest BCUT2D eigenvalue weighted by molar-refractivity contribution is -0.123. The van der Waals surface area contributed by atoms with Crippen molar-refractivity contribution in [3.63, 3.8) is 0 Å². The van der Waals surface area contributed by atoms with E-state index in [4.69, 9.17) is 4.74 Å². The number of amides is 2. The molecule has 0 saturated carbocycles. The minimum absolute atomic E-state index is 0.0680. The van der Waals surface area contributed by atoms with E-state index >= 15 is 0 Å². The number of hydrogen-bond donors (Lipinski definition) is 2. The van der Waals surface area contributed by atoms with Gasteiger partial charge < -0.3 is 15.4 Å². The molecule has 0 bridgehead atoms. The highest BCUT2D eigenvalue weighted by Gasteiger charge is 2.07. The van der Waals surface area contributed by atoms with E-state index in [1.54, 1.807) is 31.4 Å². The van der Waals surface area contributed by atoms with Gasteiger partial charge in [0.2, 0.25) is 11.8 Å². The molecule has 0 fully saturated rings. The van der Waals surface area contributed by atoms with E-state index in [9.17, 15) is 9.59 Å². The van der Waals surface area contributed by atoms with Crippen LogP contribution in [0.3, 0.4) is 0 Å². The molecule has 0 unspecified atom stereocenters. The summed E-state index contributed by atoms with van der Waals surface area (Å²) in [5, 5.41) is 5.32. The molecular formula is C17H17BrN2O3. The summed E-state index contributed by atoms with van der Waals surface area (Å²) in [6, 6.07) is 14.5. The Hall–Kier alpha value is -2.34. The third kappa shape index (κ3) is 5.75. The summed E-state index contributed by atoms with van der Waals surface area (Å²) in [7, 11) is 1.59. The highest BCUT2D eigenvalue weighted by atomic mass is 79.9. The summed E-state index contributed by atoms with van der Waals surface area (Å²) in [4.78, 5) is 23.7. The van der Waals surface area contributed by atoms with E-state index in [2.05, 4.69) is 26.6 Å². The zero-order valence-electron chi connectivity index (χ0n) is 12.6. The summed E-state index contributed by atoms with van der Waals surface area (Å²) >= 11 is 3.33. The van der Waals surface area contributed by atoms with Crippen LogP contribution in [0.1, 0.15) is 5.56 Å². The molecule has 0 aliphatic heterocycles. The van der Waals surface area contributed by atoms with Crippen LogP contribution in [0, 0.1) is 0 Å². The van der Waals surface area contributed by atoms with Gasteiger partial charge >= 0.3 is 0 Å². The number of benzene rings is 2. The second kappa shape index (κ2) is 8.33. The summed E-state index contributed by atoms with van der Waals surface area (Å²) in [5.41, 5.74) is 1.53. The molecular weight excluding hydrogens is 360 g/mol. The maximum Gasteiger partial charge on any atom is 0.243 e. The van der Waals surface area contributed by atoms with Crippen molar-refractivity contribution in [3.05, 3.63) is 58.6 Å². The predicted octanol–water partition coefficient (Wildman–Crippen LogP) is 2.76. The van der Waals surface area contributed by atoms with Gasteiger partial charge in [-0.2, -0.15) is 0 Å². The number of carbonyl (C=O) groups excluding carboxylic acids is 2. The average molecular weight is 377 g/mol. The number of methoxy groups -OCH3 is 1.